The van der Waals surface area contributed by atoms with Crippen LogP contribution >= 0.6 is 11.6 Å². The van der Waals surface area contributed by atoms with Gasteiger partial charge in [-0.25, -0.2) is 13.4 Å². The van der Waals surface area contributed by atoms with Crippen LogP contribution in [-0.2, 0) is 9.84 Å². The third-order valence-corrected chi connectivity index (χ3v) is 3.26. The maximum Gasteiger partial charge on any atom is 0.224 e. The lowest BCUT2D eigenvalue weighted by atomic mass is 10.4. The lowest BCUT2D eigenvalue weighted by Crippen LogP contribution is -2.11. The number of hydrogen-bond donors (Lipinski definition) is 2. The van der Waals surface area contributed by atoms with Crippen molar-refractivity contribution in [3.05, 3.63) is 11.2 Å². The second kappa shape index (κ2) is 6.02. The zero-order valence-corrected chi connectivity index (χ0v) is 11.3. The molecule has 0 bridgehead atoms. The molecule has 1 aromatic heterocycles. The summed E-state index contributed by atoms with van der Waals surface area (Å²) in [5, 5.41) is 6.17. The number of nitrogens with one attached hydrogen (secondary N) is 2. The monoisotopic (exact) mass is 278 g/mol. The largest absolute Gasteiger partial charge is 0.369 e. The van der Waals surface area contributed by atoms with Gasteiger partial charge in [0.05, 0.1) is 11.9 Å². The van der Waals surface area contributed by atoms with Crippen LogP contribution in [0, 0.1) is 0 Å². The van der Waals surface area contributed by atoms with E-state index in [1.807, 2.05) is 0 Å². The van der Waals surface area contributed by atoms with Crippen LogP contribution in [-0.4, -0.2) is 44.0 Å². The fraction of sp³-hybridized carbons (Fsp3) is 0.556. The van der Waals surface area contributed by atoms with Crippen LogP contribution in [0.3, 0.4) is 0 Å². The van der Waals surface area contributed by atoms with Crippen LogP contribution in [0.4, 0.5) is 11.8 Å². The van der Waals surface area contributed by atoms with Crippen LogP contribution in [0.15, 0.2) is 6.20 Å². The molecule has 0 radical (unpaired) electrons. The standard InChI is InChI=1S/C9H15ClN4O2S/c1-11-9-13-6-7(10)8(14-9)12-4-3-5-17(2,15)16/h6H,3-5H2,1-2H3,(H2,11,12,13,14). The third kappa shape index (κ3) is 5.18. The molecule has 0 atom stereocenters. The summed E-state index contributed by atoms with van der Waals surface area (Å²) in [6.07, 6.45) is 3.21. The molecule has 0 saturated carbocycles. The normalized spacial score (nSPS) is 11.2. The highest BCUT2D eigenvalue weighted by Gasteiger charge is 2.05. The van der Waals surface area contributed by atoms with Gasteiger partial charge in [-0.1, -0.05) is 11.6 Å². The minimum atomic E-state index is -2.92. The maximum absolute atomic E-state index is 10.9. The number of hydrogen-bond acceptors (Lipinski definition) is 6. The molecule has 0 spiro atoms. The molecule has 0 aromatic carbocycles. The quantitative estimate of drug-likeness (QED) is 0.756. The Morgan fingerprint density at radius 2 is 2.18 bits per heavy atom. The van der Waals surface area contributed by atoms with Crippen molar-refractivity contribution in [3.8, 4) is 0 Å². The fourth-order valence-electron chi connectivity index (χ4n) is 1.15. The third-order valence-electron chi connectivity index (χ3n) is 1.95. The molecule has 0 aliphatic carbocycles. The predicted molar refractivity (Wildman–Crippen MR) is 69.4 cm³/mol. The van der Waals surface area contributed by atoms with Gasteiger partial charge in [0.2, 0.25) is 5.95 Å². The van der Waals surface area contributed by atoms with E-state index in [9.17, 15) is 8.42 Å². The summed E-state index contributed by atoms with van der Waals surface area (Å²) in [7, 11) is -1.21. The van der Waals surface area contributed by atoms with Crippen molar-refractivity contribution in [2.75, 3.05) is 36.2 Å². The molecule has 0 amide bonds. The topological polar surface area (TPSA) is 84.0 Å². The van der Waals surface area contributed by atoms with Crippen molar-refractivity contribution in [2.24, 2.45) is 0 Å². The van der Waals surface area contributed by atoms with E-state index in [4.69, 9.17) is 11.6 Å². The van der Waals surface area contributed by atoms with Crippen molar-refractivity contribution >= 4 is 33.2 Å². The van der Waals surface area contributed by atoms with Crippen LogP contribution in [0.1, 0.15) is 6.42 Å². The Labute approximate surface area is 106 Å². The molecule has 8 heteroatoms. The summed E-state index contributed by atoms with van der Waals surface area (Å²) in [5.41, 5.74) is 0. The molecule has 0 fully saturated rings. The van der Waals surface area contributed by atoms with E-state index in [0.717, 1.165) is 0 Å². The van der Waals surface area contributed by atoms with E-state index in [2.05, 4.69) is 20.6 Å². The Kier molecular flexibility index (Phi) is 4.95. The summed E-state index contributed by atoms with van der Waals surface area (Å²) < 4.78 is 21.8. The Morgan fingerprint density at radius 1 is 1.47 bits per heavy atom. The maximum atomic E-state index is 10.9. The number of halogens is 1. The molecule has 1 rings (SSSR count). The zero-order valence-electron chi connectivity index (χ0n) is 9.70. The summed E-state index contributed by atoms with van der Waals surface area (Å²) in [6, 6.07) is 0. The van der Waals surface area contributed by atoms with Gasteiger partial charge < -0.3 is 10.6 Å². The van der Waals surface area contributed by atoms with Gasteiger partial charge in [0.15, 0.2) is 0 Å². The zero-order chi connectivity index (χ0) is 12.9. The predicted octanol–water partition coefficient (Wildman–Crippen LogP) is 1.02. The molecule has 0 aliphatic rings. The first-order valence-electron chi connectivity index (χ1n) is 5.04. The van der Waals surface area contributed by atoms with E-state index >= 15 is 0 Å². The minimum Gasteiger partial charge on any atom is -0.369 e. The highest BCUT2D eigenvalue weighted by Crippen LogP contribution is 2.18. The van der Waals surface area contributed by atoms with Gasteiger partial charge in [-0.2, -0.15) is 4.98 Å². The molecule has 0 unspecified atom stereocenters. The van der Waals surface area contributed by atoms with Gasteiger partial charge in [0.25, 0.3) is 0 Å². The average Bonchev–Trinajstić information content (AvgIpc) is 2.25. The highest BCUT2D eigenvalue weighted by molar-refractivity contribution is 7.90. The van der Waals surface area contributed by atoms with Crippen LogP contribution in [0.5, 0.6) is 0 Å². The molecule has 6 nitrogen and oxygen atoms in total. The molecule has 0 aliphatic heterocycles. The van der Waals surface area contributed by atoms with E-state index in [0.29, 0.717) is 29.8 Å². The lowest BCUT2D eigenvalue weighted by molar-refractivity contribution is 0.600. The summed E-state index contributed by atoms with van der Waals surface area (Å²) >= 11 is 5.89. The van der Waals surface area contributed by atoms with Crippen molar-refractivity contribution in [1.82, 2.24) is 9.97 Å². The van der Waals surface area contributed by atoms with Crippen molar-refractivity contribution in [1.29, 1.82) is 0 Å². The van der Waals surface area contributed by atoms with Gasteiger partial charge in [-0.15, -0.1) is 0 Å². The molecule has 96 valence electrons. The van der Waals surface area contributed by atoms with E-state index in [1.54, 1.807) is 7.05 Å². The first-order chi connectivity index (χ1) is 7.92. The average molecular weight is 279 g/mol. The van der Waals surface area contributed by atoms with Crippen molar-refractivity contribution < 1.29 is 8.42 Å². The Hall–Kier alpha value is -1.08. The number of anilines is 2. The highest BCUT2D eigenvalue weighted by atomic mass is 35.5. The van der Waals surface area contributed by atoms with Crippen LogP contribution in [0.2, 0.25) is 5.02 Å². The second-order valence-corrected chi connectivity index (χ2v) is 6.22. The fourth-order valence-corrected chi connectivity index (χ4v) is 1.98. The molecule has 17 heavy (non-hydrogen) atoms. The Balaban J connectivity index is 2.51. The van der Waals surface area contributed by atoms with Crippen LogP contribution in [0.25, 0.3) is 0 Å². The molecular formula is C9H15ClN4O2S. The van der Waals surface area contributed by atoms with Crippen LogP contribution < -0.4 is 10.6 Å². The summed E-state index contributed by atoms with van der Waals surface area (Å²) in [5.74, 6) is 1.10. The number of nitrogens with zero attached hydrogens (tertiary/aromatic N) is 2. The summed E-state index contributed by atoms with van der Waals surface area (Å²) in [6.45, 7) is 0.493. The molecular weight excluding hydrogens is 264 g/mol. The van der Waals surface area contributed by atoms with Crippen molar-refractivity contribution in [3.63, 3.8) is 0 Å². The Morgan fingerprint density at radius 3 is 2.76 bits per heavy atom. The van der Waals surface area contributed by atoms with Gasteiger partial charge in [0.1, 0.15) is 20.7 Å². The smallest absolute Gasteiger partial charge is 0.224 e. The van der Waals surface area contributed by atoms with Gasteiger partial charge in [-0.05, 0) is 6.42 Å². The molecule has 1 aromatic rings. The van der Waals surface area contributed by atoms with E-state index in [-0.39, 0.29) is 5.75 Å². The van der Waals surface area contributed by atoms with Gasteiger partial charge in [0, 0.05) is 19.8 Å². The van der Waals surface area contributed by atoms with E-state index in [1.165, 1.54) is 12.5 Å². The number of rotatable bonds is 6. The first kappa shape index (κ1) is 14.0. The van der Waals surface area contributed by atoms with Crippen molar-refractivity contribution in [2.45, 2.75) is 6.42 Å². The van der Waals surface area contributed by atoms with Gasteiger partial charge in [-0.3, -0.25) is 0 Å². The second-order valence-electron chi connectivity index (χ2n) is 3.55. The molecule has 0 saturated heterocycles. The lowest BCUT2D eigenvalue weighted by Gasteiger charge is -2.08. The minimum absolute atomic E-state index is 0.140. The number of aromatic nitrogens is 2. The number of sulfone groups is 1. The molecule has 2 N–H and O–H groups in total. The molecule has 1 heterocycles. The van der Waals surface area contributed by atoms with Gasteiger partial charge >= 0.3 is 0 Å². The SMILES string of the molecule is CNc1ncc(Cl)c(NCCCS(C)(=O)=O)n1. The summed E-state index contributed by atoms with van der Waals surface area (Å²) in [4.78, 5) is 8.04. The first-order valence-corrected chi connectivity index (χ1v) is 7.48. The van der Waals surface area contributed by atoms with E-state index < -0.39 is 9.84 Å². The Bertz CT molecular complexity index is 478.